The molecule has 0 aliphatic heterocycles. The summed E-state index contributed by atoms with van der Waals surface area (Å²) in [5.74, 6) is 1.52. The van der Waals surface area contributed by atoms with Crippen LogP contribution in [-0.4, -0.2) is 14.5 Å². The fraction of sp³-hybridized carbons (Fsp3) is 0. The fourth-order valence-corrected chi connectivity index (χ4v) is 8.00. The van der Waals surface area contributed by atoms with Crippen LogP contribution in [0, 0.1) is 0 Å². The molecule has 11 rings (SSSR count). The maximum absolute atomic E-state index is 6.99. The van der Waals surface area contributed by atoms with E-state index in [-0.39, 0.29) is 0 Å². The third kappa shape index (κ3) is 3.33. The van der Waals surface area contributed by atoms with Gasteiger partial charge in [0.05, 0.1) is 16.6 Å². The lowest BCUT2D eigenvalue weighted by Gasteiger charge is -2.15. The van der Waals surface area contributed by atoms with Crippen LogP contribution in [0.2, 0.25) is 0 Å². The Balaban J connectivity index is 1.48. The molecule has 48 heavy (non-hydrogen) atoms. The molecular weight excluding hydrogens is 587 g/mol. The molecule has 8 aromatic carbocycles. The normalized spacial score (nSPS) is 12.2. The number of para-hydroxylation sites is 3. The van der Waals surface area contributed by atoms with E-state index < -0.39 is 0 Å². The zero-order valence-electron chi connectivity index (χ0n) is 25.7. The van der Waals surface area contributed by atoms with Crippen LogP contribution in [0.25, 0.3) is 104 Å². The van der Waals surface area contributed by atoms with E-state index in [1.807, 2.05) is 24.3 Å². The number of rotatable bonds is 2. The molecule has 11 aromatic rings. The summed E-state index contributed by atoms with van der Waals surface area (Å²) in [6.07, 6.45) is 0. The van der Waals surface area contributed by atoms with Crippen LogP contribution in [0.5, 0.6) is 0 Å². The summed E-state index contributed by atoms with van der Waals surface area (Å²) in [5, 5.41) is 12.9. The maximum Gasteiger partial charge on any atom is 0.162 e. The molecule has 4 nitrogen and oxygen atoms in total. The van der Waals surface area contributed by atoms with Gasteiger partial charge in [-0.1, -0.05) is 127 Å². The Labute approximate surface area is 274 Å². The highest BCUT2D eigenvalue weighted by Crippen LogP contribution is 2.50. The number of furan rings is 1. The monoisotopic (exact) mass is 611 g/mol. The summed E-state index contributed by atoms with van der Waals surface area (Å²) in [6, 6.07) is 53.3. The van der Waals surface area contributed by atoms with Gasteiger partial charge in [-0.15, -0.1) is 0 Å². The number of fused-ring (bicyclic) bond motifs is 16. The van der Waals surface area contributed by atoms with Gasteiger partial charge in [0.1, 0.15) is 11.4 Å². The molecule has 3 heterocycles. The molecule has 3 aromatic heterocycles. The minimum Gasteiger partial charge on any atom is -0.454 e. The summed E-state index contributed by atoms with van der Waals surface area (Å²) in [4.78, 5) is 10.4. The first kappa shape index (κ1) is 25.6. The summed E-state index contributed by atoms with van der Waals surface area (Å²) in [5.41, 5.74) is 5.68. The number of hydrogen-bond acceptors (Lipinski definition) is 3. The molecular formula is C44H25N3O. The summed E-state index contributed by atoms with van der Waals surface area (Å²) in [7, 11) is 0. The van der Waals surface area contributed by atoms with Gasteiger partial charge in [0.25, 0.3) is 0 Å². The Morgan fingerprint density at radius 1 is 0.417 bits per heavy atom. The highest BCUT2D eigenvalue weighted by Gasteiger charge is 2.27. The highest BCUT2D eigenvalue weighted by atomic mass is 16.3. The van der Waals surface area contributed by atoms with Crippen LogP contribution < -0.4 is 0 Å². The lowest BCUT2D eigenvalue weighted by atomic mass is 9.89. The molecule has 0 unspecified atom stereocenters. The van der Waals surface area contributed by atoms with Gasteiger partial charge in [0.15, 0.2) is 11.4 Å². The van der Waals surface area contributed by atoms with E-state index in [0.717, 1.165) is 66.0 Å². The van der Waals surface area contributed by atoms with Gasteiger partial charge >= 0.3 is 0 Å². The molecule has 0 atom stereocenters. The second-order valence-corrected chi connectivity index (χ2v) is 12.5. The standard InChI is InChI=1S/C44H25N3O/c1-2-14-26(15-3-1)43-45-34-23-11-8-20-31(34)44(46-43)47-35-24-12-9-21-32(35)39-37-29-18-6-4-16-27(29)28-17-5-7-19-30(28)38(37)40-33-22-10-13-25-36(33)48-42(40)41(39)47/h1-25H. The Kier molecular flexibility index (Phi) is 5.08. The molecule has 0 radical (unpaired) electrons. The SMILES string of the molecule is c1ccc(-c2nc(-n3c4ccccc4c4c5c6ccccc6c6ccccc6c5c5c6ccccc6oc5c43)c3ccccc3n2)cc1. The van der Waals surface area contributed by atoms with Crippen LogP contribution in [-0.2, 0) is 0 Å². The predicted molar refractivity (Wildman–Crippen MR) is 199 cm³/mol. The van der Waals surface area contributed by atoms with Crippen LogP contribution in [0.4, 0.5) is 0 Å². The smallest absolute Gasteiger partial charge is 0.162 e. The minimum absolute atomic E-state index is 0.688. The summed E-state index contributed by atoms with van der Waals surface area (Å²) < 4.78 is 9.32. The summed E-state index contributed by atoms with van der Waals surface area (Å²) in [6.45, 7) is 0. The molecule has 0 aliphatic carbocycles. The molecule has 0 amide bonds. The highest BCUT2D eigenvalue weighted by molar-refractivity contribution is 6.44. The van der Waals surface area contributed by atoms with Crippen molar-refractivity contribution in [2.24, 2.45) is 0 Å². The second kappa shape index (κ2) is 9.50. The lowest BCUT2D eigenvalue weighted by molar-refractivity contribution is 0.671. The van der Waals surface area contributed by atoms with Gasteiger partial charge in [-0.2, -0.15) is 0 Å². The average Bonchev–Trinajstić information content (AvgIpc) is 3.71. The number of hydrogen-bond donors (Lipinski definition) is 0. The van der Waals surface area contributed by atoms with E-state index in [4.69, 9.17) is 14.4 Å². The molecule has 222 valence electrons. The van der Waals surface area contributed by atoms with Crippen molar-refractivity contribution < 1.29 is 4.42 Å². The van der Waals surface area contributed by atoms with E-state index >= 15 is 0 Å². The molecule has 0 N–H and O–H groups in total. The topological polar surface area (TPSA) is 43.9 Å². The molecule has 0 aliphatic rings. The van der Waals surface area contributed by atoms with Crippen LogP contribution in [0.1, 0.15) is 0 Å². The average molecular weight is 612 g/mol. The molecule has 0 saturated heterocycles. The Morgan fingerprint density at radius 3 is 1.73 bits per heavy atom. The Hall–Kier alpha value is -6.52. The van der Waals surface area contributed by atoms with Gasteiger partial charge in [-0.05, 0) is 45.8 Å². The fourth-order valence-electron chi connectivity index (χ4n) is 8.00. The van der Waals surface area contributed by atoms with Gasteiger partial charge in [-0.25, -0.2) is 9.97 Å². The zero-order chi connectivity index (χ0) is 31.3. The third-order valence-corrected chi connectivity index (χ3v) is 9.95. The van der Waals surface area contributed by atoms with Crippen molar-refractivity contribution >= 4 is 87.0 Å². The minimum atomic E-state index is 0.688. The number of aromatic nitrogens is 3. The van der Waals surface area contributed by atoms with E-state index in [1.54, 1.807) is 0 Å². The molecule has 0 saturated carbocycles. The molecule has 0 spiro atoms. The predicted octanol–water partition coefficient (Wildman–Crippen LogP) is 11.8. The first-order valence-electron chi connectivity index (χ1n) is 16.3. The second-order valence-electron chi connectivity index (χ2n) is 12.5. The lowest BCUT2D eigenvalue weighted by Crippen LogP contribution is -2.03. The molecule has 0 fully saturated rings. The number of benzene rings is 8. The van der Waals surface area contributed by atoms with E-state index in [9.17, 15) is 0 Å². The maximum atomic E-state index is 6.99. The van der Waals surface area contributed by atoms with Gasteiger partial charge in [-0.3, -0.25) is 4.57 Å². The van der Waals surface area contributed by atoms with Crippen molar-refractivity contribution in [1.82, 2.24) is 14.5 Å². The van der Waals surface area contributed by atoms with Crippen molar-refractivity contribution in [2.45, 2.75) is 0 Å². The van der Waals surface area contributed by atoms with Crippen LogP contribution >= 0.6 is 0 Å². The molecule has 0 bridgehead atoms. The quantitative estimate of drug-likeness (QED) is 0.183. The van der Waals surface area contributed by atoms with Crippen molar-refractivity contribution in [3.05, 3.63) is 152 Å². The van der Waals surface area contributed by atoms with Crippen molar-refractivity contribution in [3.63, 3.8) is 0 Å². The Bertz CT molecular complexity index is 3120. The summed E-state index contributed by atoms with van der Waals surface area (Å²) >= 11 is 0. The van der Waals surface area contributed by atoms with Crippen LogP contribution in [0.3, 0.4) is 0 Å². The third-order valence-electron chi connectivity index (χ3n) is 9.95. The first-order chi connectivity index (χ1) is 23.8. The van der Waals surface area contributed by atoms with Crippen molar-refractivity contribution in [2.75, 3.05) is 0 Å². The zero-order valence-corrected chi connectivity index (χ0v) is 25.7. The van der Waals surface area contributed by atoms with Crippen molar-refractivity contribution in [1.29, 1.82) is 0 Å². The van der Waals surface area contributed by atoms with E-state index in [1.165, 1.54) is 32.3 Å². The van der Waals surface area contributed by atoms with Gasteiger partial charge < -0.3 is 4.42 Å². The largest absolute Gasteiger partial charge is 0.454 e. The number of nitrogens with zero attached hydrogens (tertiary/aromatic N) is 3. The first-order valence-corrected chi connectivity index (χ1v) is 16.3. The van der Waals surface area contributed by atoms with E-state index in [2.05, 4.69) is 132 Å². The Morgan fingerprint density at radius 2 is 0.979 bits per heavy atom. The van der Waals surface area contributed by atoms with Gasteiger partial charge in [0, 0.05) is 43.3 Å². The van der Waals surface area contributed by atoms with Gasteiger partial charge in [0.2, 0.25) is 0 Å². The van der Waals surface area contributed by atoms with Crippen molar-refractivity contribution in [3.8, 4) is 17.2 Å². The van der Waals surface area contributed by atoms with E-state index in [0.29, 0.717) is 5.82 Å². The molecule has 4 heteroatoms. The van der Waals surface area contributed by atoms with Crippen LogP contribution in [0.15, 0.2) is 156 Å².